The largest absolute Gasteiger partial charge is 0.481 e. The van der Waals surface area contributed by atoms with Crippen molar-refractivity contribution in [3.63, 3.8) is 0 Å². The molecule has 1 saturated heterocycles. The molecule has 29 heavy (non-hydrogen) atoms. The smallest absolute Gasteiger partial charge is 0.307 e. The number of nitrogens with zero attached hydrogens (tertiary/aromatic N) is 1. The lowest BCUT2D eigenvalue weighted by Gasteiger charge is -2.26. The predicted octanol–water partition coefficient (Wildman–Crippen LogP) is 3.79. The van der Waals surface area contributed by atoms with Gasteiger partial charge in [-0.1, -0.05) is 53.7 Å². The van der Waals surface area contributed by atoms with Gasteiger partial charge in [-0.3, -0.25) is 4.79 Å². The Kier molecular flexibility index (Phi) is 7.29. The first-order valence-electron chi connectivity index (χ1n) is 9.99. The van der Waals surface area contributed by atoms with Crippen LogP contribution >= 0.6 is 12.4 Å². The van der Waals surface area contributed by atoms with E-state index in [0.29, 0.717) is 19.6 Å². The fourth-order valence-corrected chi connectivity index (χ4v) is 4.23. The van der Waals surface area contributed by atoms with Gasteiger partial charge in [0, 0.05) is 18.5 Å². The molecule has 1 heterocycles. The summed E-state index contributed by atoms with van der Waals surface area (Å²) in [5, 5.41) is 16.6. The second-order valence-corrected chi connectivity index (χ2v) is 7.64. The molecule has 2 N–H and O–H groups in total. The van der Waals surface area contributed by atoms with Crippen LogP contribution in [0, 0.1) is 5.92 Å². The maximum Gasteiger partial charge on any atom is 0.307 e. The van der Waals surface area contributed by atoms with Crippen molar-refractivity contribution in [2.45, 2.75) is 37.6 Å². The number of aryl methyl sites for hydroxylation is 2. The van der Waals surface area contributed by atoms with Gasteiger partial charge < -0.3 is 15.3 Å². The number of benzene rings is 2. The van der Waals surface area contributed by atoms with Crippen molar-refractivity contribution < 1.29 is 14.7 Å². The number of rotatable bonds is 5. The summed E-state index contributed by atoms with van der Waals surface area (Å²) in [6.07, 6.45) is 5.46. The second-order valence-electron chi connectivity index (χ2n) is 7.64. The third-order valence-electron chi connectivity index (χ3n) is 5.87. The molecule has 1 fully saturated rings. The molecular weight excluding hydrogens is 388 g/mol. The van der Waals surface area contributed by atoms with E-state index < -0.39 is 5.97 Å². The third-order valence-corrected chi connectivity index (χ3v) is 5.87. The van der Waals surface area contributed by atoms with E-state index in [0.717, 1.165) is 19.3 Å². The van der Waals surface area contributed by atoms with Crippen LogP contribution in [-0.4, -0.2) is 36.5 Å². The van der Waals surface area contributed by atoms with E-state index >= 15 is 0 Å². The molecule has 154 valence electrons. The predicted molar refractivity (Wildman–Crippen MR) is 116 cm³/mol. The summed E-state index contributed by atoms with van der Waals surface area (Å²) in [7, 11) is 0. The van der Waals surface area contributed by atoms with Gasteiger partial charge in [0.2, 0.25) is 0 Å². The Hall–Kier alpha value is -2.37. The maximum atomic E-state index is 11.0. The normalized spacial score (nSPS) is 21.5. The average molecular weight is 415 g/mol. The number of fused-ring (bicyclic) bond motifs is 2. The molecule has 0 aromatic heterocycles. The molecule has 0 amide bonds. The van der Waals surface area contributed by atoms with E-state index in [1.54, 1.807) is 0 Å². The minimum absolute atomic E-state index is 0. The number of nitrogens with one attached hydrogen (secondary N) is 1. The van der Waals surface area contributed by atoms with Crippen LogP contribution in [0.1, 0.15) is 41.0 Å². The molecule has 0 saturated carbocycles. The average Bonchev–Trinajstić information content (AvgIpc) is 2.89. The highest BCUT2D eigenvalue weighted by Gasteiger charge is 2.26. The molecule has 1 aliphatic heterocycles. The Bertz CT molecular complexity index is 815. The number of carboxylic acids is 1. The van der Waals surface area contributed by atoms with Gasteiger partial charge in [-0.2, -0.15) is 0 Å². The van der Waals surface area contributed by atoms with Crippen LogP contribution in [0.5, 0.6) is 0 Å². The van der Waals surface area contributed by atoms with Gasteiger partial charge in [0.05, 0.1) is 12.1 Å². The van der Waals surface area contributed by atoms with Crippen molar-refractivity contribution >= 4 is 24.6 Å². The second kappa shape index (κ2) is 9.90. The van der Waals surface area contributed by atoms with Crippen molar-refractivity contribution in [3.05, 3.63) is 70.8 Å². The SMILES string of the molecule is Cl.O=C(O)[C@@H]1CC[C@H](CO/N=C/C2c3ccccc3CCc3ccccc32)NC1. The molecule has 0 bridgehead atoms. The lowest BCUT2D eigenvalue weighted by atomic mass is 9.89. The molecule has 2 aliphatic rings. The number of halogens is 1. The molecule has 4 rings (SSSR count). The molecule has 2 atom stereocenters. The van der Waals surface area contributed by atoms with Crippen molar-refractivity contribution in [2.24, 2.45) is 11.1 Å². The van der Waals surface area contributed by atoms with Crippen LogP contribution in [0.4, 0.5) is 0 Å². The van der Waals surface area contributed by atoms with E-state index in [-0.39, 0.29) is 30.3 Å². The summed E-state index contributed by atoms with van der Waals surface area (Å²) < 4.78 is 0. The fourth-order valence-electron chi connectivity index (χ4n) is 4.23. The van der Waals surface area contributed by atoms with Crippen molar-refractivity contribution in [1.29, 1.82) is 0 Å². The van der Waals surface area contributed by atoms with Crippen LogP contribution in [-0.2, 0) is 22.5 Å². The Morgan fingerprint density at radius 1 is 1.07 bits per heavy atom. The lowest BCUT2D eigenvalue weighted by molar-refractivity contribution is -0.142. The van der Waals surface area contributed by atoms with Gasteiger partial charge in [-0.05, 0) is 47.9 Å². The minimum Gasteiger partial charge on any atom is -0.481 e. The molecule has 5 nitrogen and oxygen atoms in total. The number of carboxylic acid groups (broad SMARTS) is 1. The highest BCUT2D eigenvalue weighted by atomic mass is 35.5. The van der Waals surface area contributed by atoms with Gasteiger partial charge in [-0.25, -0.2) is 0 Å². The van der Waals surface area contributed by atoms with Gasteiger partial charge in [0.15, 0.2) is 0 Å². The fraction of sp³-hybridized carbons (Fsp3) is 0.391. The van der Waals surface area contributed by atoms with E-state index in [4.69, 9.17) is 9.94 Å². The van der Waals surface area contributed by atoms with Crippen LogP contribution in [0.2, 0.25) is 0 Å². The standard InChI is InChI=1S/C23H26N2O3.ClH/c26-23(27)18-11-12-19(24-13-18)15-28-25-14-22-20-7-3-1-5-16(20)9-10-17-6-2-4-8-21(17)22;/h1-8,14,18-19,22,24H,9-13,15H2,(H,26,27);1H/b25-14+;/t18-,19-;/m1./s1. The molecule has 0 spiro atoms. The number of carbonyl (C=O) groups is 1. The summed E-state index contributed by atoms with van der Waals surface area (Å²) in [6.45, 7) is 0.954. The van der Waals surface area contributed by atoms with Crippen LogP contribution < -0.4 is 5.32 Å². The quantitative estimate of drug-likeness (QED) is 0.576. The molecule has 1 aliphatic carbocycles. The van der Waals surface area contributed by atoms with Gasteiger partial charge >= 0.3 is 5.97 Å². The van der Waals surface area contributed by atoms with E-state index in [2.05, 4.69) is 59.0 Å². The van der Waals surface area contributed by atoms with Gasteiger partial charge in [0.25, 0.3) is 0 Å². The molecular formula is C23H27ClN2O3. The van der Waals surface area contributed by atoms with Crippen molar-refractivity contribution in [1.82, 2.24) is 5.32 Å². The Labute approximate surface area is 177 Å². The number of piperidine rings is 1. The van der Waals surface area contributed by atoms with Gasteiger partial charge in [-0.15, -0.1) is 12.4 Å². The number of aliphatic carboxylic acids is 1. The Morgan fingerprint density at radius 2 is 1.69 bits per heavy atom. The summed E-state index contributed by atoms with van der Waals surface area (Å²) in [5.41, 5.74) is 5.31. The Balaban J connectivity index is 0.00000240. The first-order chi connectivity index (χ1) is 13.7. The van der Waals surface area contributed by atoms with Crippen molar-refractivity contribution in [2.75, 3.05) is 13.2 Å². The van der Waals surface area contributed by atoms with E-state index in [9.17, 15) is 4.79 Å². The molecule has 2 aromatic rings. The third kappa shape index (κ3) is 4.98. The van der Waals surface area contributed by atoms with Crippen LogP contribution in [0.15, 0.2) is 53.7 Å². The number of hydrogen-bond donors (Lipinski definition) is 2. The minimum atomic E-state index is -0.726. The first-order valence-corrected chi connectivity index (χ1v) is 9.99. The zero-order valence-corrected chi connectivity index (χ0v) is 17.1. The van der Waals surface area contributed by atoms with Crippen molar-refractivity contribution in [3.8, 4) is 0 Å². The number of hydrogen-bond acceptors (Lipinski definition) is 4. The summed E-state index contributed by atoms with van der Waals surface area (Å²) >= 11 is 0. The zero-order chi connectivity index (χ0) is 19.3. The topological polar surface area (TPSA) is 70.9 Å². The summed E-state index contributed by atoms with van der Waals surface area (Å²) in [6, 6.07) is 17.3. The maximum absolute atomic E-state index is 11.0. The highest BCUT2D eigenvalue weighted by molar-refractivity contribution is 5.85. The van der Waals surface area contributed by atoms with E-state index in [1.165, 1.54) is 22.3 Å². The lowest BCUT2D eigenvalue weighted by Crippen LogP contribution is -2.43. The molecule has 0 unspecified atom stereocenters. The van der Waals surface area contributed by atoms with Crippen LogP contribution in [0.25, 0.3) is 0 Å². The summed E-state index contributed by atoms with van der Waals surface area (Å²) in [4.78, 5) is 16.6. The number of oxime groups is 1. The molecule has 2 aromatic carbocycles. The monoisotopic (exact) mass is 414 g/mol. The van der Waals surface area contributed by atoms with Gasteiger partial charge in [0.1, 0.15) is 6.61 Å². The van der Waals surface area contributed by atoms with E-state index in [1.807, 2.05) is 6.21 Å². The van der Waals surface area contributed by atoms with Crippen LogP contribution in [0.3, 0.4) is 0 Å². The highest BCUT2D eigenvalue weighted by Crippen LogP contribution is 2.33. The first kappa shape index (κ1) is 21.3. The Morgan fingerprint density at radius 3 is 2.24 bits per heavy atom. The molecule has 0 radical (unpaired) electrons. The molecule has 6 heteroatoms. The summed E-state index contributed by atoms with van der Waals surface area (Å²) in [5.74, 6) is -0.931. The zero-order valence-electron chi connectivity index (χ0n) is 16.3.